The Morgan fingerprint density at radius 2 is 2.46 bits per heavy atom. The van der Waals surface area contributed by atoms with E-state index >= 15 is 0 Å². The van der Waals surface area contributed by atoms with E-state index in [-0.39, 0.29) is 18.3 Å². The van der Waals surface area contributed by atoms with Crippen molar-refractivity contribution >= 4 is 18.3 Å². The van der Waals surface area contributed by atoms with Crippen LogP contribution in [0.15, 0.2) is 37.2 Å². The Kier molecular flexibility index (Phi) is 5.55. The molecule has 70 valence electrons. The average Bonchev–Trinajstić information content (AvgIpc) is 2.15. The fourth-order valence-electron chi connectivity index (χ4n) is 0.764. The van der Waals surface area contributed by atoms with Gasteiger partial charge in [-0.2, -0.15) is 0 Å². The first kappa shape index (κ1) is 11.6. The van der Waals surface area contributed by atoms with Crippen LogP contribution in [-0.4, -0.2) is 17.4 Å². The molecule has 0 spiro atoms. The predicted molar refractivity (Wildman–Crippen MR) is 54.0 cm³/mol. The molecule has 1 heterocycles. The van der Waals surface area contributed by atoms with Crippen molar-refractivity contribution in [2.45, 2.75) is 0 Å². The maximum atomic E-state index is 11.2. The molecule has 0 aliphatic rings. The van der Waals surface area contributed by atoms with Gasteiger partial charge in [-0.05, 0) is 12.1 Å². The zero-order chi connectivity index (χ0) is 8.81. The van der Waals surface area contributed by atoms with Gasteiger partial charge in [0.1, 0.15) is 0 Å². The summed E-state index contributed by atoms with van der Waals surface area (Å²) in [5.41, 5.74) is 0.569. The fourth-order valence-corrected chi connectivity index (χ4v) is 0.764. The number of nitrogens with zero attached hydrogens (tertiary/aromatic N) is 1. The van der Waals surface area contributed by atoms with Crippen molar-refractivity contribution in [1.29, 1.82) is 0 Å². The van der Waals surface area contributed by atoms with Gasteiger partial charge in [0.05, 0.1) is 5.56 Å². The van der Waals surface area contributed by atoms with E-state index in [0.717, 1.165) is 0 Å². The molecule has 1 aromatic rings. The van der Waals surface area contributed by atoms with Crippen LogP contribution in [0.1, 0.15) is 10.4 Å². The van der Waals surface area contributed by atoms with Crippen molar-refractivity contribution < 1.29 is 4.79 Å². The van der Waals surface area contributed by atoms with Gasteiger partial charge in [0.15, 0.2) is 0 Å². The maximum absolute atomic E-state index is 11.2. The van der Waals surface area contributed by atoms with Crippen LogP contribution in [-0.2, 0) is 0 Å². The number of pyridine rings is 1. The highest BCUT2D eigenvalue weighted by Crippen LogP contribution is 1.93. The number of nitrogens with one attached hydrogen (secondary N) is 1. The van der Waals surface area contributed by atoms with Gasteiger partial charge in [-0.1, -0.05) is 6.08 Å². The number of amides is 1. The second kappa shape index (κ2) is 6.20. The summed E-state index contributed by atoms with van der Waals surface area (Å²) in [5, 5.41) is 2.65. The normalized spacial score (nSPS) is 8.31. The molecular formula is C9H11ClN2O. The van der Waals surface area contributed by atoms with Gasteiger partial charge in [-0.3, -0.25) is 9.78 Å². The smallest absolute Gasteiger partial charge is 0.253 e. The standard InChI is InChI=1S/C9H10N2O.ClH/c1-2-5-11-9(12)8-4-3-6-10-7-8;/h2-4,6-7H,1,5H2,(H,11,12);1H. The first-order chi connectivity index (χ1) is 5.84. The Hall–Kier alpha value is -1.35. The van der Waals surface area contributed by atoms with Crippen molar-refractivity contribution in [1.82, 2.24) is 10.3 Å². The lowest BCUT2D eigenvalue weighted by Gasteiger charge is -1.99. The first-order valence-corrected chi connectivity index (χ1v) is 3.63. The molecule has 13 heavy (non-hydrogen) atoms. The minimum absolute atomic E-state index is 0. The number of carbonyl (C=O) groups excluding carboxylic acids is 1. The summed E-state index contributed by atoms with van der Waals surface area (Å²) in [6, 6.07) is 3.44. The van der Waals surface area contributed by atoms with Gasteiger partial charge in [-0.25, -0.2) is 0 Å². The molecule has 4 heteroatoms. The Morgan fingerprint density at radius 3 is 3.00 bits per heavy atom. The van der Waals surface area contributed by atoms with E-state index in [9.17, 15) is 4.79 Å². The molecule has 0 aliphatic carbocycles. The summed E-state index contributed by atoms with van der Waals surface area (Å²) in [4.78, 5) is 15.0. The highest BCUT2D eigenvalue weighted by Gasteiger charge is 2.01. The third-order valence-electron chi connectivity index (χ3n) is 1.33. The van der Waals surface area contributed by atoms with Crippen molar-refractivity contribution in [3.63, 3.8) is 0 Å². The van der Waals surface area contributed by atoms with E-state index in [1.807, 2.05) is 0 Å². The molecule has 1 rings (SSSR count). The molecule has 1 amide bonds. The van der Waals surface area contributed by atoms with Crippen LogP contribution in [0.4, 0.5) is 0 Å². The molecular weight excluding hydrogens is 188 g/mol. The predicted octanol–water partition coefficient (Wildman–Crippen LogP) is 1.42. The van der Waals surface area contributed by atoms with Crippen LogP contribution in [0, 0.1) is 0 Å². The minimum atomic E-state index is -0.122. The van der Waals surface area contributed by atoms with Gasteiger partial charge in [-0.15, -0.1) is 19.0 Å². The van der Waals surface area contributed by atoms with Gasteiger partial charge in [0.2, 0.25) is 0 Å². The number of halogens is 1. The molecule has 0 aromatic carbocycles. The fraction of sp³-hybridized carbons (Fsp3) is 0.111. The Labute approximate surface area is 83.3 Å². The van der Waals surface area contributed by atoms with Crippen LogP contribution in [0.3, 0.4) is 0 Å². The molecule has 0 unspecified atom stereocenters. The number of hydrogen-bond acceptors (Lipinski definition) is 2. The summed E-state index contributed by atoms with van der Waals surface area (Å²) < 4.78 is 0. The Bertz CT molecular complexity index is 274. The van der Waals surface area contributed by atoms with Crippen LogP contribution in [0.25, 0.3) is 0 Å². The van der Waals surface area contributed by atoms with Crippen LogP contribution in [0.2, 0.25) is 0 Å². The monoisotopic (exact) mass is 198 g/mol. The molecule has 0 atom stereocenters. The van der Waals surface area contributed by atoms with E-state index in [0.29, 0.717) is 12.1 Å². The Balaban J connectivity index is 0.00000144. The van der Waals surface area contributed by atoms with Crippen LogP contribution in [0.5, 0.6) is 0 Å². The molecule has 1 N–H and O–H groups in total. The number of carbonyl (C=O) groups is 1. The van der Waals surface area contributed by atoms with E-state index < -0.39 is 0 Å². The number of aromatic nitrogens is 1. The second-order valence-corrected chi connectivity index (χ2v) is 2.24. The Morgan fingerprint density at radius 1 is 1.69 bits per heavy atom. The molecule has 0 saturated heterocycles. The second-order valence-electron chi connectivity index (χ2n) is 2.24. The maximum Gasteiger partial charge on any atom is 0.253 e. The van der Waals surface area contributed by atoms with Gasteiger partial charge >= 0.3 is 0 Å². The molecule has 0 saturated carbocycles. The summed E-state index contributed by atoms with van der Waals surface area (Å²) in [6.45, 7) is 3.98. The van der Waals surface area contributed by atoms with Crippen molar-refractivity contribution in [3.8, 4) is 0 Å². The van der Waals surface area contributed by atoms with Gasteiger partial charge in [0, 0.05) is 18.9 Å². The lowest BCUT2D eigenvalue weighted by atomic mass is 10.3. The van der Waals surface area contributed by atoms with Crippen molar-refractivity contribution in [2.75, 3.05) is 6.54 Å². The van der Waals surface area contributed by atoms with Gasteiger partial charge in [0.25, 0.3) is 5.91 Å². The topological polar surface area (TPSA) is 42.0 Å². The highest BCUT2D eigenvalue weighted by molar-refractivity contribution is 5.93. The van der Waals surface area contributed by atoms with E-state index in [1.54, 1.807) is 24.4 Å². The largest absolute Gasteiger partial charge is 0.349 e. The first-order valence-electron chi connectivity index (χ1n) is 3.63. The molecule has 0 bridgehead atoms. The van der Waals surface area contributed by atoms with Crippen LogP contribution < -0.4 is 5.32 Å². The summed E-state index contributed by atoms with van der Waals surface area (Å²) in [6.07, 6.45) is 4.79. The highest BCUT2D eigenvalue weighted by atomic mass is 35.5. The van der Waals surface area contributed by atoms with E-state index in [2.05, 4.69) is 16.9 Å². The summed E-state index contributed by atoms with van der Waals surface area (Å²) in [7, 11) is 0. The molecule has 0 radical (unpaired) electrons. The zero-order valence-electron chi connectivity index (χ0n) is 7.06. The molecule has 1 aromatic heterocycles. The lowest BCUT2D eigenvalue weighted by Crippen LogP contribution is -2.23. The molecule has 0 aliphatic heterocycles. The zero-order valence-corrected chi connectivity index (χ0v) is 7.88. The third-order valence-corrected chi connectivity index (χ3v) is 1.33. The number of hydrogen-bond donors (Lipinski definition) is 1. The van der Waals surface area contributed by atoms with Gasteiger partial charge < -0.3 is 5.32 Å². The number of rotatable bonds is 3. The summed E-state index contributed by atoms with van der Waals surface area (Å²) in [5.74, 6) is -0.122. The minimum Gasteiger partial charge on any atom is -0.349 e. The van der Waals surface area contributed by atoms with Crippen molar-refractivity contribution in [3.05, 3.63) is 42.7 Å². The SMILES string of the molecule is C=CCNC(=O)c1cccnc1.Cl. The third kappa shape index (κ3) is 3.71. The van der Waals surface area contributed by atoms with E-state index in [1.165, 1.54) is 6.20 Å². The van der Waals surface area contributed by atoms with Crippen molar-refractivity contribution in [2.24, 2.45) is 0 Å². The summed E-state index contributed by atoms with van der Waals surface area (Å²) >= 11 is 0. The van der Waals surface area contributed by atoms with Crippen LogP contribution >= 0.6 is 12.4 Å². The quantitative estimate of drug-likeness (QED) is 0.747. The molecule has 3 nitrogen and oxygen atoms in total. The lowest BCUT2D eigenvalue weighted by molar-refractivity contribution is 0.0957. The molecule has 0 fully saturated rings. The average molecular weight is 199 g/mol. The van der Waals surface area contributed by atoms with E-state index in [4.69, 9.17) is 0 Å².